The normalized spacial score (nSPS) is 10.7. The molecule has 102 valence electrons. The molecule has 0 aromatic heterocycles. The van der Waals surface area contributed by atoms with Crippen LogP contribution in [0.25, 0.3) is 0 Å². The minimum absolute atomic E-state index is 0. The highest BCUT2D eigenvalue weighted by atomic mass is 35.5. The van der Waals surface area contributed by atoms with E-state index in [1.54, 1.807) is 0 Å². The Morgan fingerprint density at radius 2 is 1.83 bits per heavy atom. The third-order valence-electron chi connectivity index (χ3n) is 2.89. The Labute approximate surface area is 115 Å². The number of carbonyl (C=O) groups is 1. The molecule has 4 heteroatoms. The van der Waals surface area contributed by atoms with E-state index in [4.69, 9.17) is 10.5 Å². The van der Waals surface area contributed by atoms with Crippen molar-refractivity contribution in [3.63, 3.8) is 0 Å². The molecule has 0 aliphatic rings. The summed E-state index contributed by atoms with van der Waals surface area (Å²) in [7, 11) is 0. The molecule has 18 heavy (non-hydrogen) atoms. The van der Waals surface area contributed by atoms with E-state index >= 15 is 0 Å². The predicted octanol–water partition coefficient (Wildman–Crippen LogP) is 2.45. The molecule has 1 aromatic rings. The molecule has 1 rings (SSSR count). The number of halogens is 1. The highest BCUT2D eigenvalue weighted by Crippen LogP contribution is 2.25. The largest absolute Gasteiger partial charge is 0.465 e. The molecule has 0 saturated carbocycles. The van der Waals surface area contributed by atoms with Crippen LogP contribution in [0, 0.1) is 0 Å². The summed E-state index contributed by atoms with van der Waals surface area (Å²) in [5, 5.41) is 0. The smallest absolute Gasteiger partial charge is 0.315 e. The van der Waals surface area contributed by atoms with Crippen LogP contribution in [0.15, 0.2) is 24.3 Å². The van der Waals surface area contributed by atoms with Gasteiger partial charge in [-0.15, -0.1) is 12.4 Å². The summed E-state index contributed by atoms with van der Waals surface area (Å²) in [4.78, 5) is 11.8. The van der Waals surface area contributed by atoms with Gasteiger partial charge in [0.25, 0.3) is 0 Å². The molecule has 0 radical (unpaired) electrons. The van der Waals surface area contributed by atoms with Gasteiger partial charge in [-0.1, -0.05) is 24.3 Å². The fourth-order valence-electron chi connectivity index (χ4n) is 1.68. The molecule has 1 aromatic carbocycles. The van der Waals surface area contributed by atoms with E-state index < -0.39 is 5.41 Å². The maximum absolute atomic E-state index is 11.8. The fourth-order valence-corrected chi connectivity index (χ4v) is 1.68. The summed E-state index contributed by atoms with van der Waals surface area (Å²) in [6, 6.07) is 7.98. The van der Waals surface area contributed by atoms with Crippen LogP contribution in [0.1, 0.15) is 31.9 Å². The van der Waals surface area contributed by atoms with E-state index in [9.17, 15) is 4.79 Å². The predicted molar refractivity (Wildman–Crippen MR) is 76.1 cm³/mol. The zero-order chi connectivity index (χ0) is 12.9. The van der Waals surface area contributed by atoms with Gasteiger partial charge in [0.2, 0.25) is 0 Å². The standard InChI is InChI=1S/C14H21NO2.ClH/c1-4-17-13(16)14(2,3)12-7-5-11(6-8-12)9-10-15;/h5-8H,4,9-10,15H2,1-3H3;1H. The van der Waals surface area contributed by atoms with Gasteiger partial charge in [-0.2, -0.15) is 0 Å². The van der Waals surface area contributed by atoms with Crippen molar-refractivity contribution >= 4 is 18.4 Å². The van der Waals surface area contributed by atoms with Gasteiger partial charge in [0.05, 0.1) is 12.0 Å². The fraction of sp³-hybridized carbons (Fsp3) is 0.500. The van der Waals surface area contributed by atoms with Crippen molar-refractivity contribution in [3.8, 4) is 0 Å². The van der Waals surface area contributed by atoms with Gasteiger partial charge in [0.1, 0.15) is 0 Å². The SMILES string of the molecule is CCOC(=O)C(C)(C)c1ccc(CCN)cc1.Cl. The lowest BCUT2D eigenvalue weighted by Gasteiger charge is -2.23. The molecule has 3 nitrogen and oxygen atoms in total. The molecular weight excluding hydrogens is 250 g/mol. The Morgan fingerprint density at radius 1 is 1.28 bits per heavy atom. The number of carbonyl (C=O) groups excluding carboxylic acids is 1. The van der Waals surface area contributed by atoms with Gasteiger partial charge in [-0.25, -0.2) is 0 Å². The highest BCUT2D eigenvalue weighted by molar-refractivity contribution is 5.85. The van der Waals surface area contributed by atoms with E-state index in [-0.39, 0.29) is 18.4 Å². The number of hydrogen-bond acceptors (Lipinski definition) is 3. The molecule has 0 unspecified atom stereocenters. The summed E-state index contributed by atoms with van der Waals surface area (Å²) >= 11 is 0. The van der Waals surface area contributed by atoms with Crippen LogP contribution < -0.4 is 5.73 Å². The Kier molecular flexibility index (Phi) is 6.96. The molecule has 0 saturated heterocycles. The van der Waals surface area contributed by atoms with Crippen molar-refractivity contribution in [3.05, 3.63) is 35.4 Å². The quantitative estimate of drug-likeness (QED) is 0.837. The van der Waals surface area contributed by atoms with Crippen molar-refractivity contribution < 1.29 is 9.53 Å². The topological polar surface area (TPSA) is 52.3 Å². The van der Waals surface area contributed by atoms with Crippen molar-refractivity contribution in [1.82, 2.24) is 0 Å². The summed E-state index contributed by atoms with van der Waals surface area (Å²) in [5.74, 6) is -0.188. The van der Waals surface area contributed by atoms with Gasteiger partial charge in [-0.05, 0) is 44.9 Å². The second kappa shape index (κ2) is 7.39. The minimum atomic E-state index is -0.600. The van der Waals surface area contributed by atoms with Gasteiger partial charge in [0, 0.05) is 0 Å². The molecule has 0 aliphatic carbocycles. The first-order chi connectivity index (χ1) is 8.02. The number of benzene rings is 1. The highest BCUT2D eigenvalue weighted by Gasteiger charge is 2.31. The summed E-state index contributed by atoms with van der Waals surface area (Å²) in [6.07, 6.45) is 0.861. The molecule has 0 heterocycles. The lowest BCUT2D eigenvalue weighted by molar-refractivity contribution is -0.148. The lowest BCUT2D eigenvalue weighted by Crippen LogP contribution is -2.31. The van der Waals surface area contributed by atoms with E-state index in [0.29, 0.717) is 13.2 Å². The maximum atomic E-state index is 11.8. The number of hydrogen-bond donors (Lipinski definition) is 1. The van der Waals surface area contributed by atoms with Crippen LogP contribution in [0.2, 0.25) is 0 Å². The van der Waals surface area contributed by atoms with Gasteiger partial charge in [-0.3, -0.25) is 4.79 Å². The summed E-state index contributed by atoms with van der Waals surface area (Å²) < 4.78 is 5.08. The first kappa shape index (κ1) is 16.9. The Bertz CT molecular complexity index is 374. The van der Waals surface area contributed by atoms with E-state index in [2.05, 4.69) is 0 Å². The molecule has 0 amide bonds. The van der Waals surface area contributed by atoms with Gasteiger partial charge >= 0.3 is 5.97 Å². The molecular formula is C14H22ClNO2. The van der Waals surface area contributed by atoms with E-state index in [1.807, 2.05) is 45.0 Å². The van der Waals surface area contributed by atoms with Crippen LogP contribution in [-0.2, 0) is 21.4 Å². The Balaban J connectivity index is 0.00000289. The van der Waals surface area contributed by atoms with Crippen molar-refractivity contribution in [2.24, 2.45) is 5.73 Å². The van der Waals surface area contributed by atoms with Crippen LogP contribution in [-0.4, -0.2) is 19.1 Å². The van der Waals surface area contributed by atoms with Crippen molar-refractivity contribution in [2.75, 3.05) is 13.2 Å². The second-order valence-electron chi connectivity index (χ2n) is 4.58. The van der Waals surface area contributed by atoms with Crippen LogP contribution >= 0.6 is 12.4 Å². The first-order valence-corrected chi connectivity index (χ1v) is 5.99. The minimum Gasteiger partial charge on any atom is -0.465 e. The van der Waals surface area contributed by atoms with E-state index in [1.165, 1.54) is 5.56 Å². The zero-order valence-corrected chi connectivity index (χ0v) is 12.0. The second-order valence-corrected chi connectivity index (χ2v) is 4.58. The maximum Gasteiger partial charge on any atom is 0.315 e. The molecule has 0 bridgehead atoms. The summed E-state index contributed by atoms with van der Waals surface area (Å²) in [5.41, 5.74) is 7.06. The number of ether oxygens (including phenoxy) is 1. The average molecular weight is 272 g/mol. The van der Waals surface area contributed by atoms with Crippen LogP contribution in [0.4, 0.5) is 0 Å². The van der Waals surface area contributed by atoms with Crippen molar-refractivity contribution in [1.29, 1.82) is 0 Å². The third kappa shape index (κ3) is 4.00. The van der Waals surface area contributed by atoms with Gasteiger partial charge < -0.3 is 10.5 Å². The number of rotatable bonds is 5. The lowest BCUT2D eigenvalue weighted by atomic mass is 9.84. The Hall–Kier alpha value is -1.06. The Morgan fingerprint density at radius 3 is 2.28 bits per heavy atom. The zero-order valence-electron chi connectivity index (χ0n) is 11.2. The van der Waals surface area contributed by atoms with Gasteiger partial charge in [0.15, 0.2) is 0 Å². The molecule has 0 spiro atoms. The number of esters is 1. The van der Waals surface area contributed by atoms with Crippen LogP contribution in [0.5, 0.6) is 0 Å². The van der Waals surface area contributed by atoms with Crippen LogP contribution in [0.3, 0.4) is 0 Å². The molecule has 0 fully saturated rings. The third-order valence-corrected chi connectivity index (χ3v) is 2.89. The summed E-state index contributed by atoms with van der Waals surface area (Å²) in [6.45, 7) is 6.62. The molecule has 2 N–H and O–H groups in total. The first-order valence-electron chi connectivity index (χ1n) is 5.99. The average Bonchev–Trinajstić information content (AvgIpc) is 2.30. The van der Waals surface area contributed by atoms with E-state index in [0.717, 1.165) is 12.0 Å². The monoisotopic (exact) mass is 271 g/mol. The molecule has 0 aliphatic heterocycles. The van der Waals surface area contributed by atoms with Crippen molar-refractivity contribution in [2.45, 2.75) is 32.6 Å². The molecule has 0 atom stereocenters. The number of nitrogens with two attached hydrogens (primary N) is 1.